The summed E-state index contributed by atoms with van der Waals surface area (Å²) in [6, 6.07) is 11.3. The Kier molecular flexibility index (Phi) is 5.18. The number of piperazine rings is 1. The van der Waals surface area contributed by atoms with Crippen molar-refractivity contribution in [3.05, 3.63) is 63.3 Å². The van der Waals surface area contributed by atoms with Gasteiger partial charge in [0.1, 0.15) is 5.58 Å². The zero-order valence-corrected chi connectivity index (χ0v) is 17.6. The van der Waals surface area contributed by atoms with Crippen LogP contribution in [-0.2, 0) is 6.42 Å². The second-order valence-corrected chi connectivity index (χ2v) is 8.27. The molecule has 1 saturated heterocycles. The van der Waals surface area contributed by atoms with Crippen molar-refractivity contribution in [3.8, 4) is 6.07 Å². The summed E-state index contributed by atoms with van der Waals surface area (Å²) >= 11 is 6.23. The molecule has 7 nitrogen and oxygen atoms in total. The summed E-state index contributed by atoms with van der Waals surface area (Å²) in [4.78, 5) is 18.9. The van der Waals surface area contributed by atoms with E-state index in [0.717, 1.165) is 67.8 Å². The van der Waals surface area contributed by atoms with E-state index in [-0.39, 0.29) is 0 Å². The largest absolute Gasteiger partial charge is 0.464 e. The van der Waals surface area contributed by atoms with E-state index in [0.29, 0.717) is 21.7 Å². The number of H-pyrrole nitrogens is 1. The number of oxazole rings is 1. The lowest BCUT2D eigenvalue weighted by atomic mass is 10.1. The number of aryl methyl sites for hydroxylation is 1. The van der Waals surface area contributed by atoms with Crippen LogP contribution in [0.5, 0.6) is 0 Å². The summed E-state index contributed by atoms with van der Waals surface area (Å²) in [6.45, 7) is 4.51. The minimum atomic E-state index is -0.467. The van der Waals surface area contributed by atoms with E-state index in [2.05, 4.69) is 20.9 Å². The van der Waals surface area contributed by atoms with Gasteiger partial charge in [-0.2, -0.15) is 5.26 Å². The zero-order chi connectivity index (χ0) is 21.4. The molecule has 0 spiro atoms. The van der Waals surface area contributed by atoms with Gasteiger partial charge in [0.05, 0.1) is 29.1 Å². The molecule has 158 valence electrons. The van der Waals surface area contributed by atoms with Gasteiger partial charge < -0.3 is 13.7 Å². The predicted octanol–water partition coefficient (Wildman–Crippen LogP) is 4.15. The number of hydrogen-bond acceptors (Lipinski definition) is 6. The number of hydrogen-bond donors (Lipinski definition) is 1. The lowest BCUT2D eigenvalue weighted by Gasteiger charge is -2.36. The van der Waals surface area contributed by atoms with Crippen LogP contribution in [-0.4, -0.2) is 42.6 Å². The van der Waals surface area contributed by atoms with E-state index in [1.807, 2.05) is 18.2 Å². The maximum absolute atomic E-state index is 11.6. The number of benzene rings is 2. The van der Waals surface area contributed by atoms with Gasteiger partial charge in [-0.05, 0) is 55.3 Å². The number of rotatable bonds is 5. The second-order valence-electron chi connectivity index (χ2n) is 7.83. The highest BCUT2D eigenvalue weighted by atomic mass is 35.5. The molecule has 2 aromatic heterocycles. The van der Waals surface area contributed by atoms with Crippen molar-refractivity contribution in [2.45, 2.75) is 12.8 Å². The third kappa shape index (κ3) is 3.92. The minimum Gasteiger partial charge on any atom is -0.464 e. The van der Waals surface area contributed by atoms with Crippen LogP contribution in [0.25, 0.3) is 22.1 Å². The van der Waals surface area contributed by atoms with Crippen molar-refractivity contribution in [2.75, 3.05) is 37.6 Å². The summed E-state index contributed by atoms with van der Waals surface area (Å²) in [5.41, 5.74) is 4.67. The summed E-state index contributed by atoms with van der Waals surface area (Å²) < 4.78 is 11.0. The summed E-state index contributed by atoms with van der Waals surface area (Å²) in [6.07, 6.45) is 3.73. The number of halogens is 1. The third-order valence-electron chi connectivity index (χ3n) is 5.88. The first-order valence-electron chi connectivity index (χ1n) is 10.3. The number of nitrogens with zero attached hydrogens (tertiary/aromatic N) is 3. The maximum Gasteiger partial charge on any atom is 0.417 e. The first-order valence-corrected chi connectivity index (χ1v) is 10.7. The van der Waals surface area contributed by atoms with Gasteiger partial charge in [0.25, 0.3) is 0 Å². The van der Waals surface area contributed by atoms with Crippen LogP contribution in [0, 0.1) is 11.3 Å². The molecule has 1 N–H and O–H groups in total. The molecule has 1 aliphatic rings. The van der Waals surface area contributed by atoms with E-state index in [1.54, 1.807) is 18.4 Å². The Morgan fingerprint density at radius 2 is 2.00 bits per heavy atom. The van der Waals surface area contributed by atoms with Gasteiger partial charge in [-0.3, -0.25) is 9.88 Å². The number of nitrogens with one attached hydrogen (secondary N) is 1. The SMILES string of the molecule is N#Cc1ccc2occ(CCCN3CCN(c4cc(Cl)cc5[nH]c(=O)oc45)CC3)c2c1. The van der Waals surface area contributed by atoms with Crippen LogP contribution in [0.15, 0.2) is 50.2 Å². The van der Waals surface area contributed by atoms with Gasteiger partial charge in [-0.25, -0.2) is 4.79 Å². The van der Waals surface area contributed by atoms with Gasteiger partial charge in [0.2, 0.25) is 0 Å². The molecule has 0 unspecified atom stereocenters. The van der Waals surface area contributed by atoms with E-state index in [4.69, 9.17) is 25.7 Å². The molecule has 4 aromatic rings. The predicted molar refractivity (Wildman–Crippen MR) is 120 cm³/mol. The van der Waals surface area contributed by atoms with Gasteiger partial charge >= 0.3 is 5.76 Å². The smallest absolute Gasteiger partial charge is 0.417 e. The average molecular weight is 437 g/mol. The number of furan rings is 1. The van der Waals surface area contributed by atoms with Gasteiger partial charge in [0, 0.05) is 36.6 Å². The quantitative estimate of drug-likeness (QED) is 0.505. The fourth-order valence-corrected chi connectivity index (χ4v) is 4.51. The summed E-state index contributed by atoms with van der Waals surface area (Å²) in [5, 5.41) is 10.7. The van der Waals surface area contributed by atoms with Crippen molar-refractivity contribution in [2.24, 2.45) is 0 Å². The van der Waals surface area contributed by atoms with Gasteiger partial charge in [-0.1, -0.05) is 11.6 Å². The first-order chi connectivity index (χ1) is 15.1. The molecule has 0 amide bonds. The van der Waals surface area contributed by atoms with Gasteiger partial charge in [0.15, 0.2) is 5.58 Å². The molecule has 31 heavy (non-hydrogen) atoms. The Balaban J connectivity index is 1.20. The van der Waals surface area contributed by atoms with Crippen LogP contribution in [0.4, 0.5) is 5.69 Å². The molecule has 0 atom stereocenters. The van der Waals surface area contributed by atoms with Crippen LogP contribution in [0.2, 0.25) is 5.02 Å². The minimum absolute atomic E-state index is 0.467. The Hall–Kier alpha value is -3.21. The Labute approximate surface area is 183 Å². The highest BCUT2D eigenvalue weighted by Crippen LogP contribution is 2.30. The lowest BCUT2D eigenvalue weighted by Crippen LogP contribution is -2.46. The average Bonchev–Trinajstić information content (AvgIpc) is 3.35. The number of fused-ring (bicyclic) bond motifs is 2. The van der Waals surface area contributed by atoms with Crippen LogP contribution in [0.1, 0.15) is 17.5 Å². The summed E-state index contributed by atoms with van der Waals surface area (Å²) in [7, 11) is 0. The molecule has 0 radical (unpaired) electrons. The molecule has 5 rings (SSSR count). The fraction of sp³-hybridized carbons (Fsp3) is 0.304. The molecule has 2 aromatic carbocycles. The third-order valence-corrected chi connectivity index (χ3v) is 6.10. The Morgan fingerprint density at radius 3 is 2.81 bits per heavy atom. The summed E-state index contributed by atoms with van der Waals surface area (Å²) in [5.74, 6) is -0.467. The monoisotopic (exact) mass is 436 g/mol. The molecule has 1 aliphatic heterocycles. The lowest BCUT2D eigenvalue weighted by molar-refractivity contribution is 0.255. The van der Waals surface area contributed by atoms with Crippen molar-refractivity contribution >= 4 is 39.4 Å². The molecule has 0 aliphatic carbocycles. The molecule has 1 fully saturated rings. The highest BCUT2D eigenvalue weighted by molar-refractivity contribution is 6.31. The Morgan fingerprint density at radius 1 is 1.16 bits per heavy atom. The number of anilines is 1. The maximum atomic E-state index is 11.6. The van der Waals surface area contributed by atoms with E-state index in [1.165, 1.54) is 0 Å². The van der Waals surface area contributed by atoms with E-state index in [9.17, 15) is 4.79 Å². The van der Waals surface area contributed by atoms with Crippen molar-refractivity contribution < 1.29 is 8.83 Å². The molecule has 0 saturated carbocycles. The zero-order valence-electron chi connectivity index (χ0n) is 16.9. The van der Waals surface area contributed by atoms with E-state index >= 15 is 0 Å². The molecular weight excluding hydrogens is 416 g/mol. The Bertz CT molecular complexity index is 1340. The standard InChI is InChI=1S/C23H21ClN4O3/c24-17-11-19-22(31-23(29)26-19)20(12-17)28-8-6-27(7-9-28)5-1-2-16-14-30-21-4-3-15(13-25)10-18(16)21/h3-4,10-12,14H,1-2,5-9H2,(H,26,29). The number of aromatic amines is 1. The van der Waals surface area contributed by atoms with Crippen LogP contribution < -0.4 is 10.7 Å². The topological polar surface area (TPSA) is 89.4 Å². The number of aromatic nitrogens is 1. The first kappa shape index (κ1) is 19.7. The highest BCUT2D eigenvalue weighted by Gasteiger charge is 2.21. The van der Waals surface area contributed by atoms with Crippen LogP contribution in [0.3, 0.4) is 0 Å². The van der Waals surface area contributed by atoms with Crippen LogP contribution >= 0.6 is 11.6 Å². The molecule has 3 heterocycles. The van der Waals surface area contributed by atoms with Crippen molar-refractivity contribution in [1.29, 1.82) is 5.26 Å². The molecular formula is C23H21ClN4O3. The second kappa shape index (κ2) is 8.14. The fourth-order valence-electron chi connectivity index (χ4n) is 4.29. The number of nitriles is 1. The normalized spacial score (nSPS) is 15.0. The van der Waals surface area contributed by atoms with Gasteiger partial charge in [-0.15, -0.1) is 0 Å². The molecule has 0 bridgehead atoms. The van der Waals surface area contributed by atoms with Crippen molar-refractivity contribution in [1.82, 2.24) is 9.88 Å². The van der Waals surface area contributed by atoms with Crippen molar-refractivity contribution in [3.63, 3.8) is 0 Å². The molecule has 8 heteroatoms. The van der Waals surface area contributed by atoms with E-state index < -0.39 is 5.76 Å².